The maximum absolute atomic E-state index is 12.6. The first-order valence-corrected chi connectivity index (χ1v) is 8.19. The molecule has 1 amide bonds. The van der Waals surface area contributed by atoms with Gasteiger partial charge in [-0.15, -0.1) is 11.3 Å². The van der Waals surface area contributed by atoms with E-state index in [2.05, 4.69) is 9.88 Å². The lowest BCUT2D eigenvalue weighted by Crippen LogP contribution is -2.47. The quantitative estimate of drug-likeness (QED) is 0.880. The SMILES string of the molecule is O=C(O)CCN1C[C@@H]2CC[C@H](C1)N(Cc1cscn1)C2=O. The van der Waals surface area contributed by atoms with Gasteiger partial charge in [0.05, 0.1) is 30.1 Å². The molecule has 6 nitrogen and oxygen atoms in total. The van der Waals surface area contributed by atoms with E-state index in [1.54, 1.807) is 16.8 Å². The maximum Gasteiger partial charge on any atom is 0.304 e. The van der Waals surface area contributed by atoms with E-state index in [0.29, 0.717) is 19.6 Å². The summed E-state index contributed by atoms with van der Waals surface area (Å²) >= 11 is 1.54. The van der Waals surface area contributed by atoms with Crippen molar-refractivity contribution in [1.29, 1.82) is 0 Å². The van der Waals surface area contributed by atoms with E-state index >= 15 is 0 Å². The second-order valence-corrected chi connectivity index (χ2v) is 6.50. The molecule has 3 aliphatic rings. The molecule has 2 atom stereocenters. The van der Waals surface area contributed by atoms with Gasteiger partial charge in [0.25, 0.3) is 0 Å². The fourth-order valence-corrected chi connectivity index (χ4v) is 3.81. The van der Waals surface area contributed by atoms with Gasteiger partial charge in [-0.25, -0.2) is 4.98 Å². The minimum atomic E-state index is -0.780. The molecule has 3 fully saturated rings. The van der Waals surface area contributed by atoms with Crippen LogP contribution in [-0.4, -0.2) is 57.4 Å². The van der Waals surface area contributed by atoms with Crippen LogP contribution in [0.25, 0.3) is 0 Å². The molecule has 1 aromatic heterocycles. The average Bonchev–Trinajstić information content (AvgIpc) is 2.82. The topological polar surface area (TPSA) is 73.7 Å². The van der Waals surface area contributed by atoms with Crippen molar-refractivity contribution in [2.45, 2.75) is 31.8 Å². The monoisotopic (exact) mass is 309 g/mol. The molecular formula is C14H19N3O3S. The van der Waals surface area contributed by atoms with Gasteiger partial charge in [-0.2, -0.15) is 0 Å². The lowest BCUT2D eigenvalue weighted by atomic mass is 9.94. The number of amides is 1. The van der Waals surface area contributed by atoms with Crippen LogP contribution in [0.15, 0.2) is 10.9 Å². The van der Waals surface area contributed by atoms with Crippen molar-refractivity contribution in [1.82, 2.24) is 14.8 Å². The first-order chi connectivity index (χ1) is 10.1. The summed E-state index contributed by atoms with van der Waals surface area (Å²) in [6.45, 7) is 2.58. The Morgan fingerprint density at radius 1 is 1.43 bits per heavy atom. The number of carbonyl (C=O) groups excluding carboxylic acids is 1. The number of carboxylic acids is 1. The van der Waals surface area contributed by atoms with E-state index < -0.39 is 5.97 Å². The second kappa shape index (κ2) is 6.11. The highest BCUT2D eigenvalue weighted by Crippen LogP contribution is 2.30. The normalized spacial score (nSPS) is 26.1. The average molecular weight is 309 g/mol. The van der Waals surface area contributed by atoms with Gasteiger partial charge < -0.3 is 10.0 Å². The highest BCUT2D eigenvalue weighted by molar-refractivity contribution is 7.07. The summed E-state index contributed by atoms with van der Waals surface area (Å²) in [5.74, 6) is -0.564. The third kappa shape index (κ3) is 3.24. The number of aromatic nitrogens is 1. The predicted octanol–water partition coefficient (Wildman–Crippen LogP) is 1.04. The van der Waals surface area contributed by atoms with Crippen molar-refractivity contribution in [3.05, 3.63) is 16.6 Å². The first kappa shape index (κ1) is 14.5. The number of rotatable bonds is 5. The fourth-order valence-electron chi connectivity index (χ4n) is 3.26. The third-order valence-corrected chi connectivity index (χ3v) is 4.96. The molecule has 0 radical (unpaired) electrons. The number of piperidine rings is 1. The third-order valence-electron chi connectivity index (χ3n) is 4.33. The number of aliphatic carboxylic acids is 1. The second-order valence-electron chi connectivity index (χ2n) is 5.78. The molecule has 1 N–H and O–H groups in total. The van der Waals surface area contributed by atoms with Crippen LogP contribution in [-0.2, 0) is 16.1 Å². The number of fused-ring (bicyclic) bond motifs is 4. The molecule has 4 rings (SSSR count). The van der Waals surface area contributed by atoms with Crippen LogP contribution in [0.4, 0.5) is 0 Å². The minimum absolute atomic E-state index is 0.0104. The number of carbonyl (C=O) groups is 2. The van der Waals surface area contributed by atoms with Crippen molar-refractivity contribution in [2.75, 3.05) is 19.6 Å². The summed E-state index contributed by atoms with van der Waals surface area (Å²) in [6.07, 6.45) is 2.06. The van der Waals surface area contributed by atoms with Gasteiger partial charge in [-0.3, -0.25) is 14.5 Å². The Morgan fingerprint density at radius 2 is 2.29 bits per heavy atom. The summed E-state index contributed by atoms with van der Waals surface area (Å²) < 4.78 is 0. The summed E-state index contributed by atoms with van der Waals surface area (Å²) in [7, 11) is 0. The molecule has 0 aliphatic carbocycles. The van der Waals surface area contributed by atoms with Crippen LogP contribution in [0.3, 0.4) is 0 Å². The Morgan fingerprint density at radius 3 is 3.00 bits per heavy atom. The van der Waals surface area contributed by atoms with Crippen LogP contribution in [0.2, 0.25) is 0 Å². The van der Waals surface area contributed by atoms with Gasteiger partial charge in [0, 0.05) is 31.1 Å². The molecule has 3 saturated heterocycles. The summed E-state index contributed by atoms with van der Waals surface area (Å²) in [6, 6.07) is 0.187. The van der Waals surface area contributed by atoms with Gasteiger partial charge in [0.1, 0.15) is 0 Å². The summed E-state index contributed by atoms with van der Waals surface area (Å²) in [4.78, 5) is 31.7. The molecule has 0 spiro atoms. The van der Waals surface area contributed by atoms with Crippen molar-refractivity contribution >= 4 is 23.2 Å². The minimum Gasteiger partial charge on any atom is -0.481 e. The summed E-state index contributed by atoms with van der Waals surface area (Å²) in [5.41, 5.74) is 2.73. The molecule has 7 heteroatoms. The van der Waals surface area contributed by atoms with Crippen molar-refractivity contribution in [3.8, 4) is 0 Å². The summed E-state index contributed by atoms with van der Waals surface area (Å²) in [5, 5.41) is 10.8. The number of carboxylic acid groups (broad SMARTS) is 1. The molecule has 2 bridgehead atoms. The number of nitrogens with zero attached hydrogens (tertiary/aromatic N) is 3. The molecule has 21 heavy (non-hydrogen) atoms. The molecule has 0 unspecified atom stereocenters. The molecular weight excluding hydrogens is 290 g/mol. The maximum atomic E-state index is 12.6. The van der Waals surface area contributed by atoms with Gasteiger partial charge in [-0.1, -0.05) is 0 Å². The molecule has 0 saturated carbocycles. The molecule has 3 aliphatic heterocycles. The Balaban J connectivity index is 1.70. The Labute approximate surface area is 127 Å². The zero-order chi connectivity index (χ0) is 14.8. The lowest BCUT2D eigenvalue weighted by molar-refractivity contribution is -0.140. The van der Waals surface area contributed by atoms with E-state index in [0.717, 1.165) is 25.1 Å². The number of hydrogen-bond donors (Lipinski definition) is 1. The molecule has 1 aromatic rings. The number of hydrogen-bond acceptors (Lipinski definition) is 5. The fraction of sp³-hybridized carbons (Fsp3) is 0.643. The van der Waals surface area contributed by atoms with Crippen LogP contribution in [0, 0.1) is 5.92 Å². The van der Waals surface area contributed by atoms with E-state index in [4.69, 9.17) is 5.11 Å². The van der Waals surface area contributed by atoms with Crippen molar-refractivity contribution < 1.29 is 14.7 Å². The van der Waals surface area contributed by atoms with Crippen LogP contribution < -0.4 is 0 Å². The highest BCUT2D eigenvalue weighted by atomic mass is 32.1. The van der Waals surface area contributed by atoms with Crippen molar-refractivity contribution in [2.24, 2.45) is 5.92 Å². The van der Waals surface area contributed by atoms with Crippen LogP contribution in [0.1, 0.15) is 25.0 Å². The zero-order valence-electron chi connectivity index (χ0n) is 11.8. The Kier molecular flexibility index (Phi) is 4.21. The van der Waals surface area contributed by atoms with E-state index in [9.17, 15) is 9.59 Å². The molecule has 114 valence electrons. The predicted molar refractivity (Wildman–Crippen MR) is 77.9 cm³/mol. The smallest absolute Gasteiger partial charge is 0.304 e. The van der Waals surface area contributed by atoms with Gasteiger partial charge in [0.15, 0.2) is 0 Å². The zero-order valence-corrected chi connectivity index (χ0v) is 12.6. The number of thiazole rings is 1. The van der Waals surface area contributed by atoms with E-state index in [1.807, 2.05) is 10.3 Å². The van der Waals surface area contributed by atoms with Gasteiger partial charge >= 0.3 is 5.97 Å². The molecule has 4 heterocycles. The lowest BCUT2D eigenvalue weighted by Gasteiger charge is -2.35. The standard InChI is InChI=1S/C14H19N3O3S/c18-13(19)3-4-16-5-10-1-2-12(7-16)17(14(10)20)6-11-8-21-9-15-11/h8-10,12H,1-7H2,(H,18,19)/t10-,12+/m0/s1. The van der Waals surface area contributed by atoms with E-state index in [-0.39, 0.29) is 24.3 Å². The largest absolute Gasteiger partial charge is 0.481 e. The van der Waals surface area contributed by atoms with E-state index in [1.165, 1.54) is 0 Å². The van der Waals surface area contributed by atoms with Crippen LogP contribution in [0.5, 0.6) is 0 Å². The Bertz CT molecular complexity index is 520. The highest BCUT2D eigenvalue weighted by Gasteiger charge is 2.40. The van der Waals surface area contributed by atoms with Crippen LogP contribution >= 0.6 is 11.3 Å². The van der Waals surface area contributed by atoms with Crippen molar-refractivity contribution in [3.63, 3.8) is 0 Å². The first-order valence-electron chi connectivity index (χ1n) is 7.25. The Hall–Kier alpha value is -1.47. The van der Waals surface area contributed by atoms with Gasteiger partial charge in [-0.05, 0) is 12.8 Å². The molecule has 0 aromatic carbocycles. The van der Waals surface area contributed by atoms with Gasteiger partial charge in [0.2, 0.25) is 5.91 Å².